The quantitative estimate of drug-likeness (QED) is 0.864. The average Bonchev–Trinajstić information content (AvgIpc) is 2.99. The summed E-state index contributed by atoms with van der Waals surface area (Å²) in [6.45, 7) is 5.31. The number of nitrogens with one attached hydrogen (secondary N) is 1. The third-order valence-electron chi connectivity index (χ3n) is 3.34. The van der Waals surface area contributed by atoms with Gasteiger partial charge in [0.05, 0.1) is 11.7 Å². The molecule has 1 unspecified atom stereocenters. The summed E-state index contributed by atoms with van der Waals surface area (Å²) in [6.07, 6.45) is 8.05. The minimum absolute atomic E-state index is 0.102. The molecule has 0 bridgehead atoms. The van der Waals surface area contributed by atoms with Crippen LogP contribution in [0.1, 0.15) is 43.4 Å². The predicted octanol–water partition coefficient (Wildman–Crippen LogP) is 1.90. The first kappa shape index (κ1) is 13.8. The highest BCUT2D eigenvalue weighted by molar-refractivity contribution is 5.27. The maximum Gasteiger partial charge on any atom is 0.130 e. The van der Waals surface area contributed by atoms with Gasteiger partial charge in [0.15, 0.2) is 0 Å². The Kier molecular flexibility index (Phi) is 4.37. The van der Waals surface area contributed by atoms with Gasteiger partial charge in [-0.2, -0.15) is 5.10 Å². The van der Waals surface area contributed by atoms with E-state index >= 15 is 0 Å². The molecule has 5 nitrogen and oxygen atoms in total. The number of hydrogen-bond acceptors (Lipinski definition) is 3. The average molecular weight is 261 g/mol. The second kappa shape index (κ2) is 6.02. The first-order valence-corrected chi connectivity index (χ1v) is 6.91. The molecule has 0 spiro atoms. The van der Waals surface area contributed by atoms with Crippen molar-refractivity contribution in [2.24, 2.45) is 7.05 Å². The van der Waals surface area contributed by atoms with Crippen LogP contribution in [-0.2, 0) is 20.0 Å². The molecule has 2 aromatic rings. The number of aryl methyl sites for hydroxylation is 3. The van der Waals surface area contributed by atoms with Crippen LogP contribution in [0.15, 0.2) is 18.6 Å². The molecule has 104 valence electrons. The first-order valence-electron chi connectivity index (χ1n) is 6.91. The highest BCUT2D eigenvalue weighted by atomic mass is 15.3. The van der Waals surface area contributed by atoms with Gasteiger partial charge in [-0.25, -0.2) is 4.98 Å². The fourth-order valence-corrected chi connectivity index (χ4v) is 2.50. The smallest absolute Gasteiger partial charge is 0.130 e. The van der Waals surface area contributed by atoms with E-state index in [2.05, 4.69) is 40.0 Å². The molecule has 0 saturated heterocycles. The minimum Gasteiger partial charge on any atom is -0.333 e. The molecule has 1 atom stereocenters. The Morgan fingerprint density at radius 2 is 2.16 bits per heavy atom. The number of aromatic nitrogens is 4. The summed E-state index contributed by atoms with van der Waals surface area (Å²) < 4.78 is 4.10. The van der Waals surface area contributed by atoms with Crippen molar-refractivity contribution in [2.75, 3.05) is 7.05 Å². The third kappa shape index (κ3) is 2.71. The van der Waals surface area contributed by atoms with E-state index in [9.17, 15) is 0 Å². The van der Waals surface area contributed by atoms with Crippen LogP contribution in [0.4, 0.5) is 0 Å². The molecule has 0 aliphatic heterocycles. The van der Waals surface area contributed by atoms with Crippen LogP contribution >= 0.6 is 0 Å². The van der Waals surface area contributed by atoms with Gasteiger partial charge < -0.3 is 9.88 Å². The summed E-state index contributed by atoms with van der Waals surface area (Å²) >= 11 is 0. The SMILES string of the molecule is CCCn1ccnc1C(NC)c1cn(C)nc1CC. The summed E-state index contributed by atoms with van der Waals surface area (Å²) in [7, 11) is 3.94. The Morgan fingerprint density at radius 3 is 2.79 bits per heavy atom. The zero-order valence-electron chi connectivity index (χ0n) is 12.2. The van der Waals surface area contributed by atoms with Gasteiger partial charge in [0, 0.05) is 37.7 Å². The van der Waals surface area contributed by atoms with Gasteiger partial charge in [-0.05, 0) is 19.9 Å². The van der Waals surface area contributed by atoms with Crippen LogP contribution in [0.3, 0.4) is 0 Å². The lowest BCUT2D eigenvalue weighted by molar-refractivity contribution is 0.565. The van der Waals surface area contributed by atoms with Crippen LogP contribution in [0.2, 0.25) is 0 Å². The second-order valence-electron chi connectivity index (χ2n) is 4.76. The van der Waals surface area contributed by atoms with E-state index in [-0.39, 0.29) is 6.04 Å². The Balaban J connectivity index is 2.40. The summed E-state index contributed by atoms with van der Waals surface area (Å²) in [5.74, 6) is 1.06. The van der Waals surface area contributed by atoms with E-state index in [0.717, 1.165) is 30.9 Å². The third-order valence-corrected chi connectivity index (χ3v) is 3.34. The second-order valence-corrected chi connectivity index (χ2v) is 4.76. The van der Waals surface area contributed by atoms with Gasteiger partial charge in [-0.3, -0.25) is 4.68 Å². The first-order chi connectivity index (χ1) is 9.21. The summed E-state index contributed by atoms with van der Waals surface area (Å²) in [5, 5.41) is 7.89. The normalized spacial score (nSPS) is 12.8. The van der Waals surface area contributed by atoms with Crippen molar-refractivity contribution < 1.29 is 0 Å². The van der Waals surface area contributed by atoms with Crippen molar-refractivity contribution in [1.29, 1.82) is 0 Å². The van der Waals surface area contributed by atoms with E-state index in [1.807, 2.05) is 31.2 Å². The van der Waals surface area contributed by atoms with Crippen molar-refractivity contribution in [2.45, 2.75) is 39.3 Å². The zero-order valence-corrected chi connectivity index (χ0v) is 12.2. The molecule has 19 heavy (non-hydrogen) atoms. The molecule has 0 amide bonds. The largest absolute Gasteiger partial charge is 0.333 e. The molecule has 2 heterocycles. The van der Waals surface area contributed by atoms with Gasteiger partial charge in [-0.15, -0.1) is 0 Å². The Morgan fingerprint density at radius 1 is 1.37 bits per heavy atom. The van der Waals surface area contributed by atoms with E-state index in [1.54, 1.807) is 0 Å². The standard InChI is InChI=1S/C14H23N5/c1-5-8-19-9-7-16-14(19)13(15-3)11-10-18(4)17-12(11)6-2/h7,9-10,13,15H,5-6,8H2,1-4H3. The maximum atomic E-state index is 4.53. The lowest BCUT2D eigenvalue weighted by Gasteiger charge is -2.17. The summed E-state index contributed by atoms with van der Waals surface area (Å²) in [5.41, 5.74) is 2.35. The van der Waals surface area contributed by atoms with E-state index in [1.165, 1.54) is 5.56 Å². The number of nitrogens with zero attached hydrogens (tertiary/aromatic N) is 4. The van der Waals surface area contributed by atoms with Crippen molar-refractivity contribution in [1.82, 2.24) is 24.6 Å². The molecule has 0 fully saturated rings. The van der Waals surface area contributed by atoms with Gasteiger partial charge in [0.25, 0.3) is 0 Å². The van der Waals surface area contributed by atoms with E-state index in [4.69, 9.17) is 0 Å². The number of hydrogen-bond donors (Lipinski definition) is 1. The van der Waals surface area contributed by atoms with Crippen LogP contribution in [0, 0.1) is 0 Å². The van der Waals surface area contributed by atoms with E-state index < -0.39 is 0 Å². The molecule has 0 radical (unpaired) electrons. The van der Waals surface area contributed by atoms with Crippen LogP contribution in [-0.4, -0.2) is 26.4 Å². The van der Waals surface area contributed by atoms with Crippen molar-refractivity contribution >= 4 is 0 Å². The summed E-state index contributed by atoms with van der Waals surface area (Å²) in [6, 6.07) is 0.102. The van der Waals surface area contributed by atoms with Gasteiger partial charge >= 0.3 is 0 Å². The summed E-state index contributed by atoms with van der Waals surface area (Å²) in [4.78, 5) is 4.53. The lowest BCUT2D eigenvalue weighted by Crippen LogP contribution is -2.22. The Hall–Kier alpha value is -1.62. The topological polar surface area (TPSA) is 47.7 Å². The number of rotatable bonds is 6. The lowest BCUT2D eigenvalue weighted by atomic mass is 10.1. The highest BCUT2D eigenvalue weighted by Gasteiger charge is 2.21. The van der Waals surface area contributed by atoms with Crippen molar-refractivity contribution in [3.8, 4) is 0 Å². The monoisotopic (exact) mass is 261 g/mol. The van der Waals surface area contributed by atoms with Gasteiger partial charge in [0.2, 0.25) is 0 Å². The van der Waals surface area contributed by atoms with E-state index in [0.29, 0.717) is 0 Å². The zero-order chi connectivity index (χ0) is 13.8. The van der Waals surface area contributed by atoms with Gasteiger partial charge in [0.1, 0.15) is 5.82 Å². The molecule has 5 heteroatoms. The maximum absolute atomic E-state index is 4.53. The Bertz CT molecular complexity index is 526. The van der Waals surface area contributed by atoms with Gasteiger partial charge in [-0.1, -0.05) is 13.8 Å². The molecule has 2 aromatic heterocycles. The Labute approximate surface area is 114 Å². The van der Waals surface area contributed by atoms with Crippen LogP contribution in [0.5, 0.6) is 0 Å². The molecule has 0 aliphatic carbocycles. The minimum atomic E-state index is 0.102. The molecule has 0 saturated carbocycles. The van der Waals surface area contributed by atoms with Crippen LogP contribution in [0.25, 0.3) is 0 Å². The molecular weight excluding hydrogens is 238 g/mol. The fraction of sp³-hybridized carbons (Fsp3) is 0.571. The van der Waals surface area contributed by atoms with Crippen molar-refractivity contribution in [3.05, 3.63) is 35.7 Å². The molecule has 0 aromatic carbocycles. The highest BCUT2D eigenvalue weighted by Crippen LogP contribution is 2.23. The predicted molar refractivity (Wildman–Crippen MR) is 76.0 cm³/mol. The molecule has 2 rings (SSSR count). The molecular formula is C14H23N5. The van der Waals surface area contributed by atoms with Crippen LogP contribution < -0.4 is 5.32 Å². The molecule has 0 aliphatic rings. The van der Waals surface area contributed by atoms with Crippen molar-refractivity contribution in [3.63, 3.8) is 0 Å². The molecule has 1 N–H and O–H groups in total. The fourth-order valence-electron chi connectivity index (χ4n) is 2.50. The number of imidazole rings is 1.